The third-order valence-corrected chi connectivity index (χ3v) is 2.47. The van der Waals surface area contributed by atoms with Crippen molar-refractivity contribution in [3.8, 4) is 0 Å². The Morgan fingerprint density at radius 3 is 2.11 bits per heavy atom. The molecule has 0 bridgehead atoms. The van der Waals surface area contributed by atoms with Gasteiger partial charge in [0.1, 0.15) is 11.0 Å². The third-order valence-electron chi connectivity index (χ3n) is 2.13. The highest BCUT2D eigenvalue weighted by Gasteiger charge is 2.13. The highest BCUT2D eigenvalue weighted by molar-refractivity contribution is 6.30. The van der Waals surface area contributed by atoms with Gasteiger partial charge in [0.25, 0.3) is 0 Å². The van der Waals surface area contributed by atoms with E-state index < -0.39 is 0 Å². The molecule has 2 rings (SSSR count). The van der Waals surface area contributed by atoms with Crippen LogP contribution in [0.1, 0.15) is 0 Å². The summed E-state index contributed by atoms with van der Waals surface area (Å²) in [5, 5.41) is 14.7. The summed E-state index contributed by atoms with van der Waals surface area (Å²) < 4.78 is 0. The molecular formula is C9H10Cl2N6O. The molecule has 0 spiro atoms. The summed E-state index contributed by atoms with van der Waals surface area (Å²) in [4.78, 5) is 16.1. The Morgan fingerprint density at radius 2 is 1.56 bits per heavy atom. The fourth-order valence-electron chi connectivity index (χ4n) is 1.43. The van der Waals surface area contributed by atoms with Crippen molar-refractivity contribution in [2.75, 3.05) is 30.8 Å². The molecule has 0 fully saturated rings. The molecule has 96 valence electrons. The molecule has 2 heterocycles. The van der Waals surface area contributed by atoms with E-state index in [-0.39, 0.29) is 17.2 Å². The first-order valence-corrected chi connectivity index (χ1v) is 5.84. The molecular weight excluding hydrogens is 279 g/mol. The minimum Gasteiger partial charge on any atom is -0.395 e. The maximum Gasteiger partial charge on any atom is 0.225 e. The van der Waals surface area contributed by atoms with E-state index in [2.05, 4.69) is 30.6 Å². The summed E-state index contributed by atoms with van der Waals surface area (Å²) in [5.74, 6) is 0.862. The van der Waals surface area contributed by atoms with Gasteiger partial charge in [-0.05, 0) is 23.2 Å². The molecule has 2 aromatic heterocycles. The van der Waals surface area contributed by atoms with Crippen molar-refractivity contribution in [1.82, 2.24) is 19.9 Å². The van der Waals surface area contributed by atoms with Gasteiger partial charge in [-0.2, -0.15) is 9.97 Å². The van der Waals surface area contributed by atoms with Gasteiger partial charge in [0.2, 0.25) is 10.6 Å². The fraction of sp³-hybridized carbons (Fsp3) is 0.333. The van der Waals surface area contributed by atoms with Crippen LogP contribution in [0.25, 0.3) is 11.0 Å². The number of anilines is 2. The van der Waals surface area contributed by atoms with Crippen molar-refractivity contribution >= 4 is 45.9 Å². The van der Waals surface area contributed by atoms with Crippen molar-refractivity contribution < 1.29 is 5.11 Å². The van der Waals surface area contributed by atoms with Gasteiger partial charge in [-0.1, -0.05) is 0 Å². The summed E-state index contributed by atoms with van der Waals surface area (Å²) in [6.45, 7) is 0.278. The molecule has 2 aromatic rings. The number of nitrogens with one attached hydrogen (secondary N) is 2. The largest absolute Gasteiger partial charge is 0.395 e. The molecule has 0 unspecified atom stereocenters. The van der Waals surface area contributed by atoms with E-state index in [0.717, 1.165) is 0 Å². The average Bonchev–Trinajstić information content (AvgIpc) is 2.35. The maximum absolute atomic E-state index is 8.81. The van der Waals surface area contributed by atoms with Crippen molar-refractivity contribution in [1.29, 1.82) is 0 Å². The standard InChI is InChI=1S/C9H10Cl2N6O/c1-12-6-4-5(15-8(10)16-6)7(13-2-3-18)17-9(11)14-4/h18H,2-3H2,1H3,(H,12,15,16)(H,13,14,17). The van der Waals surface area contributed by atoms with Gasteiger partial charge >= 0.3 is 0 Å². The predicted octanol–water partition coefficient (Wildman–Crippen LogP) is 1.17. The number of rotatable bonds is 4. The van der Waals surface area contributed by atoms with E-state index in [9.17, 15) is 0 Å². The number of aromatic nitrogens is 4. The Labute approximate surface area is 113 Å². The Balaban J connectivity index is 2.66. The zero-order chi connectivity index (χ0) is 13.1. The van der Waals surface area contributed by atoms with E-state index in [4.69, 9.17) is 28.3 Å². The molecule has 9 heteroatoms. The van der Waals surface area contributed by atoms with E-state index in [1.165, 1.54) is 0 Å². The monoisotopic (exact) mass is 288 g/mol. The summed E-state index contributed by atoms with van der Waals surface area (Å²) in [5.41, 5.74) is 0.902. The number of halogens is 2. The van der Waals surface area contributed by atoms with E-state index >= 15 is 0 Å². The zero-order valence-electron chi connectivity index (χ0n) is 9.41. The summed E-state index contributed by atoms with van der Waals surface area (Å²) in [7, 11) is 1.69. The second-order valence-electron chi connectivity index (χ2n) is 3.28. The third kappa shape index (κ3) is 2.53. The van der Waals surface area contributed by atoms with Crippen LogP contribution in [0.2, 0.25) is 10.6 Å². The second-order valence-corrected chi connectivity index (χ2v) is 3.96. The fourth-order valence-corrected chi connectivity index (χ4v) is 1.77. The Kier molecular flexibility index (Phi) is 3.95. The van der Waals surface area contributed by atoms with Gasteiger partial charge in [0.15, 0.2) is 11.6 Å². The first-order valence-electron chi connectivity index (χ1n) is 5.09. The van der Waals surface area contributed by atoms with E-state index in [1.54, 1.807) is 7.05 Å². The van der Waals surface area contributed by atoms with Gasteiger partial charge < -0.3 is 15.7 Å². The molecule has 7 nitrogen and oxygen atoms in total. The first-order chi connectivity index (χ1) is 8.65. The van der Waals surface area contributed by atoms with Crippen molar-refractivity contribution in [2.45, 2.75) is 0 Å². The van der Waals surface area contributed by atoms with Gasteiger partial charge in [0, 0.05) is 13.6 Å². The minimum absolute atomic E-state index is 0.0409. The molecule has 0 amide bonds. The van der Waals surface area contributed by atoms with Crippen LogP contribution in [0, 0.1) is 0 Å². The van der Waals surface area contributed by atoms with Gasteiger partial charge in [0.05, 0.1) is 6.61 Å². The molecule has 0 radical (unpaired) electrons. The average molecular weight is 289 g/mol. The van der Waals surface area contributed by atoms with Crippen LogP contribution in [0.15, 0.2) is 0 Å². The molecule has 18 heavy (non-hydrogen) atoms. The number of hydrogen-bond acceptors (Lipinski definition) is 7. The molecule has 0 aliphatic heterocycles. The Hall–Kier alpha value is -1.44. The summed E-state index contributed by atoms with van der Waals surface area (Å²) in [6.07, 6.45) is 0. The second kappa shape index (κ2) is 5.47. The van der Waals surface area contributed by atoms with Crippen LogP contribution in [0.4, 0.5) is 11.6 Å². The summed E-state index contributed by atoms with van der Waals surface area (Å²) >= 11 is 11.7. The highest BCUT2D eigenvalue weighted by atomic mass is 35.5. The van der Waals surface area contributed by atoms with Crippen LogP contribution in [-0.4, -0.2) is 45.2 Å². The molecule has 0 aromatic carbocycles. The topological polar surface area (TPSA) is 95.9 Å². The molecule has 0 aliphatic carbocycles. The molecule has 3 N–H and O–H groups in total. The predicted molar refractivity (Wildman–Crippen MR) is 70.3 cm³/mol. The Morgan fingerprint density at radius 1 is 1.00 bits per heavy atom. The van der Waals surface area contributed by atoms with Crippen LogP contribution in [-0.2, 0) is 0 Å². The zero-order valence-corrected chi connectivity index (χ0v) is 10.9. The van der Waals surface area contributed by atoms with Gasteiger partial charge in [-0.25, -0.2) is 9.97 Å². The molecule has 0 saturated heterocycles. The quantitative estimate of drug-likeness (QED) is 0.727. The van der Waals surface area contributed by atoms with E-state index in [1.807, 2.05) is 0 Å². The lowest BCUT2D eigenvalue weighted by Crippen LogP contribution is -2.09. The smallest absolute Gasteiger partial charge is 0.225 e. The molecule has 0 aliphatic rings. The van der Waals surface area contributed by atoms with Crippen molar-refractivity contribution in [3.63, 3.8) is 0 Å². The maximum atomic E-state index is 8.81. The van der Waals surface area contributed by atoms with Crippen molar-refractivity contribution in [3.05, 3.63) is 10.6 Å². The lowest BCUT2D eigenvalue weighted by molar-refractivity contribution is 0.311. The lowest BCUT2D eigenvalue weighted by atomic mass is 10.3. The number of nitrogens with zero attached hydrogens (tertiary/aromatic N) is 4. The lowest BCUT2D eigenvalue weighted by Gasteiger charge is -2.09. The SMILES string of the molecule is CNc1nc(Cl)nc2c(NCCO)nc(Cl)nc12. The normalized spacial score (nSPS) is 10.7. The van der Waals surface area contributed by atoms with Gasteiger partial charge in [-0.3, -0.25) is 0 Å². The van der Waals surface area contributed by atoms with Crippen LogP contribution < -0.4 is 10.6 Å². The van der Waals surface area contributed by atoms with Crippen molar-refractivity contribution in [2.24, 2.45) is 0 Å². The van der Waals surface area contributed by atoms with Gasteiger partial charge in [-0.15, -0.1) is 0 Å². The number of aliphatic hydroxyl groups is 1. The molecule has 0 saturated carbocycles. The molecule has 0 atom stereocenters. The summed E-state index contributed by atoms with van der Waals surface area (Å²) in [6, 6.07) is 0. The minimum atomic E-state index is -0.0409. The van der Waals surface area contributed by atoms with Crippen LogP contribution in [0.5, 0.6) is 0 Å². The van der Waals surface area contributed by atoms with E-state index in [0.29, 0.717) is 29.2 Å². The van der Waals surface area contributed by atoms with Crippen LogP contribution >= 0.6 is 23.2 Å². The number of fused-ring (bicyclic) bond motifs is 1. The van der Waals surface area contributed by atoms with Crippen LogP contribution in [0.3, 0.4) is 0 Å². The highest BCUT2D eigenvalue weighted by Crippen LogP contribution is 2.26. The first kappa shape index (κ1) is 13.0. The Bertz CT molecular complexity index is 578. The number of hydrogen-bond donors (Lipinski definition) is 3. The number of aliphatic hydroxyl groups excluding tert-OH is 1.